The molecule has 1 fully saturated rings. The summed E-state index contributed by atoms with van der Waals surface area (Å²) < 4.78 is 0. The molecule has 0 radical (unpaired) electrons. The van der Waals surface area contributed by atoms with Crippen LogP contribution in [0.25, 0.3) is 0 Å². The molecule has 0 aromatic rings. The van der Waals surface area contributed by atoms with E-state index in [9.17, 15) is 4.79 Å². The maximum atomic E-state index is 11.5. The van der Waals surface area contributed by atoms with E-state index in [0.29, 0.717) is 6.42 Å². The lowest BCUT2D eigenvalue weighted by molar-refractivity contribution is -0.121. The molecule has 0 saturated carbocycles. The molecule has 1 saturated heterocycles. The van der Waals surface area contributed by atoms with Gasteiger partial charge in [-0.05, 0) is 38.3 Å². The second kappa shape index (κ2) is 7.66. The van der Waals surface area contributed by atoms with Gasteiger partial charge in [-0.2, -0.15) is 0 Å². The summed E-state index contributed by atoms with van der Waals surface area (Å²) in [5.74, 6) is 1.08. The summed E-state index contributed by atoms with van der Waals surface area (Å²) in [4.78, 5) is 13.9. The van der Waals surface area contributed by atoms with Crippen molar-refractivity contribution < 1.29 is 4.79 Å². The predicted octanol–water partition coefficient (Wildman–Crippen LogP) is 2.02. The Bertz CT molecular complexity index is 198. The highest BCUT2D eigenvalue weighted by molar-refractivity contribution is 5.75. The number of amides is 1. The van der Waals surface area contributed by atoms with Crippen molar-refractivity contribution in [3.8, 4) is 0 Å². The van der Waals surface area contributed by atoms with Crippen LogP contribution in [0, 0.1) is 5.92 Å². The van der Waals surface area contributed by atoms with E-state index in [1.54, 1.807) is 0 Å². The molecule has 1 aliphatic rings. The molecule has 0 bridgehead atoms. The predicted molar refractivity (Wildman–Crippen MR) is 67.4 cm³/mol. The highest BCUT2D eigenvalue weighted by Crippen LogP contribution is 2.15. The summed E-state index contributed by atoms with van der Waals surface area (Å²) in [6.45, 7) is 8.57. The fraction of sp³-hybridized carbons (Fsp3) is 0.923. The largest absolute Gasteiger partial charge is 0.356 e. The minimum absolute atomic E-state index is 0.215. The van der Waals surface area contributed by atoms with Crippen LogP contribution in [0.4, 0.5) is 0 Å². The van der Waals surface area contributed by atoms with E-state index < -0.39 is 0 Å². The van der Waals surface area contributed by atoms with Crippen molar-refractivity contribution in [1.29, 1.82) is 0 Å². The maximum absolute atomic E-state index is 11.5. The smallest absolute Gasteiger partial charge is 0.221 e. The lowest BCUT2D eigenvalue weighted by atomic mass is 9.99. The maximum Gasteiger partial charge on any atom is 0.221 e. The van der Waals surface area contributed by atoms with E-state index >= 15 is 0 Å². The van der Waals surface area contributed by atoms with Gasteiger partial charge in [0.05, 0.1) is 0 Å². The van der Waals surface area contributed by atoms with Crippen LogP contribution in [-0.2, 0) is 4.79 Å². The zero-order valence-corrected chi connectivity index (χ0v) is 10.8. The molecule has 0 unspecified atom stereocenters. The van der Waals surface area contributed by atoms with E-state index in [0.717, 1.165) is 31.8 Å². The van der Waals surface area contributed by atoms with Gasteiger partial charge in [0.2, 0.25) is 5.91 Å². The zero-order chi connectivity index (χ0) is 11.8. The number of nitrogens with zero attached hydrogens (tertiary/aromatic N) is 1. The average Bonchev–Trinajstić information content (AvgIpc) is 2.29. The van der Waals surface area contributed by atoms with Gasteiger partial charge in [-0.15, -0.1) is 0 Å². The van der Waals surface area contributed by atoms with Gasteiger partial charge >= 0.3 is 0 Å². The molecule has 0 atom stereocenters. The van der Waals surface area contributed by atoms with Crippen LogP contribution in [0.3, 0.4) is 0 Å². The van der Waals surface area contributed by atoms with Crippen molar-refractivity contribution in [3.63, 3.8) is 0 Å². The lowest BCUT2D eigenvalue weighted by Crippen LogP contribution is -2.36. The molecular weight excluding hydrogens is 200 g/mol. The Kier molecular flexibility index (Phi) is 6.46. The topological polar surface area (TPSA) is 32.3 Å². The summed E-state index contributed by atoms with van der Waals surface area (Å²) in [6, 6.07) is 0. The number of hydrogen-bond acceptors (Lipinski definition) is 2. The third-order valence-corrected chi connectivity index (χ3v) is 3.38. The van der Waals surface area contributed by atoms with Gasteiger partial charge in [-0.25, -0.2) is 0 Å². The van der Waals surface area contributed by atoms with Crippen LogP contribution in [-0.4, -0.2) is 37.0 Å². The molecule has 94 valence electrons. The molecule has 1 amide bonds. The lowest BCUT2D eigenvalue weighted by Gasteiger charge is -2.29. The van der Waals surface area contributed by atoms with Crippen molar-refractivity contribution >= 4 is 5.91 Å². The third-order valence-electron chi connectivity index (χ3n) is 3.38. The third kappa shape index (κ3) is 5.50. The fourth-order valence-corrected chi connectivity index (χ4v) is 2.04. The standard InChI is InChI=1S/C13H26N2O/c1-3-4-8-14-13(16)7-11-15-9-5-12(2)6-10-15/h12H,3-11H2,1-2H3,(H,14,16). The molecule has 1 rings (SSSR count). The average molecular weight is 226 g/mol. The second-order valence-corrected chi connectivity index (χ2v) is 4.98. The Hall–Kier alpha value is -0.570. The Morgan fingerprint density at radius 2 is 2.06 bits per heavy atom. The van der Waals surface area contributed by atoms with Crippen LogP contribution in [0.1, 0.15) is 46.0 Å². The minimum atomic E-state index is 0.215. The first-order valence-electron chi connectivity index (χ1n) is 6.71. The molecule has 3 heteroatoms. The Balaban J connectivity index is 2.03. The molecule has 0 aromatic carbocycles. The molecular formula is C13H26N2O. The number of carbonyl (C=O) groups excluding carboxylic acids is 1. The number of carbonyl (C=O) groups is 1. The first-order valence-corrected chi connectivity index (χ1v) is 6.71. The first kappa shape index (κ1) is 13.5. The number of hydrogen-bond donors (Lipinski definition) is 1. The van der Waals surface area contributed by atoms with Gasteiger partial charge in [0.1, 0.15) is 0 Å². The zero-order valence-electron chi connectivity index (χ0n) is 10.8. The molecule has 0 aromatic heterocycles. The van der Waals surface area contributed by atoms with Crippen LogP contribution in [0.2, 0.25) is 0 Å². The second-order valence-electron chi connectivity index (χ2n) is 4.98. The highest BCUT2D eigenvalue weighted by Gasteiger charge is 2.15. The minimum Gasteiger partial charge on any atom is -0.356 e. The normalized spacial score (nSPS) is 18.6. The van der Waals surface area contributed by atoms with Crippen LogP contribution >= 0.6 is 0 Å². The molecule has 1 N–H and O–H groups in total. The van der Waals surface area contributed by atoms with Gasteiger partial charge in [-0.1, -0.05) is 20.3 Å². The molecule has 1 heterocycles. The first-order chi connectivity index (χ1) is 7.72. The summed E-state index contributed by atoms with van der Waals surface area (Å²) in [7, 11) is 0. The van der Waals surface area contributed by atoms with Crippen molar-refractivity contribution in [1.82, 2.24) is 10.2 Å². The Morgan fingerprint density at radius 1 is 1.38 bits per heavy atom. The summed E-state index contributed by atoms with van der Waals surface area (Å²) >= 11 is 0. The monoisotopic (exact) mass is 226 g/mol. The van der Waals surface area contributed by atoms with Crippen molar-refractivity contribution in [3.05, 3.63) is 0 Å². The quantitative estimate of drug-likeness (QED) is 0.703. The van der Waals surface area contributed by atoms with Crippen molar-refractivity contribution in [2.24, 2.45) is 5.92 Å². The molecule has 3 nitrogen and oxygen atoms in total. The van der Waals surface area contributed by atoms with Crippen LogP contribution in [0.15, 0.2) is 0 Å². The number of rotatable bonds is 6. The molecule has 1 aliphatic heterocycles. The number of likely N-dealkylation sites (tertiary alicyclic amines) is 1. The van der Waals surface area contributed by atoms with Gasteiger partial charge < -0.3 is 10.2 Å². The highest BCUT2D eigenvalue weighted by atomic mass is 16.1. The Morgan fingerprint density at radius 3 is 2.69 bits per heavy atom. The van der Waals surface area contributed by atoms with E-state index in [1.807, 2.05) is 0 Å². The number of nitrogens with one attached hydrogen (secondary N) is 1. The summed E-state index contributed by atoms with van der Waals surface area (Å²) in [5, 5.41) is 2.97. The van der Waals surface area contributed by atoms with Crippen molar-refractivity contribution in [2.45, 2.75) is 46.0 Å². The van der Waals surface area contributed by atoms with E-state index in [4.69, 9.17) is 0 Å². The summed E-state index contributed by atoms with van der Waals surface area (Å²) in [6.07, 6.45) is 5.48. The van der Waals surface area contributed by atoms with Crippen molar-refractivity contribution in [2.75, 3.05) is 26.2 Å². The molecule has 0 aliphatic carbocycles. The van der Waals surface area contributed by atoms with E-state index in [2.05, 4.69) is 24.1 Å². The number of unbranched alkanes of at least 4 members (excludes halogenated alkanes) is 1. The Labute approximate surface area is 99.6 Å². The van der Waals surface area contributed by atoms with Gasteiger partial charge in [0.15, 0.2) is 0 Å². The van der Waals surface area contributed by atoms with Crippen LogP contribution < -0.4 is 5.32 Å². The number of piperidine rings is 1. The van der Waals surface area contributed by atoms with E-state index in [-0.39, 0.29) is 5.91 Å². The fourth-order valence-electron chi connectivity index (χ4n) is 2.04. The van der Waals surface area contributed by atoms with Gasteiger partial charge in [0, 0.05) is 19.5 Å². The van der Waals surface area contributed by atoms with Crippen LogP contribution in [0.5, 0.6) is 0 Å². The van der Waals surface area contributed by atoms with Gasteiger partial charge in [-0.3, -0.25) is 4.79 Å². The van der Waals surface area contributed by atoms with Gasteiger partial charge in [0.25, 0.3) is 0 Å². The SMILES string of the molecule is CCCCNC(=O)CCN1CCC(C)CC1. The molecule has 16 heavy (non-hydrogen) atoms. The van der Waals surface area contributed by atoms with E-state index in [1.165, 1.54) is 25.9 Å². The molecule has 0 spiro atoms. The summed E-state index contributed by atoms with van der Waals surface area (Å²) in [5.41, 5.74) is 0.